The minimum atomic E-state index is -0.371. The van der Waals surface area contributed by atoms with Crippen molar-refractivity contribution in [2.45, 2.75) is 46.3 Å². The fraction of sp³-hybridized carbons (Fsp3) is 0.348. The van der Waals surface area contributed by atoms with Crippen molar-refractivity contribution in [2.24, 2.45) is 0 Å². The van der Waals surface area contributed by atoms with E-state index in [1.54, 1.807) is 18.0 Å². The van der Waals surface area contributed by atoms with E-state index in [0.29, 0.717) is 19.0 Å². The van der Waals surface area contributed by atoms with Crippen LogP contribution in [0.4, 0.5) is 0 Å². The summed E-state index contributed by atoms with van der Waals surface area (Å²) in [7, 11) is 1.66. The van der Waals surface area contributed by atoms with Gasteiger partial charge in [-0.05, 0) is 35.7 Å². The third-order valence-electron chi connectivity index (χ3n) is 5.10. The third-order valence-corrected chi connectivity index (χ3v) is 5.10. The van der Waals surface area contributed by atoms with Crippen molar-refractivity contribution in [3.8, 4) is 11.3 Å². The Labute approximate surface area is 185 Å². The molecule has 3 heterocycles. The Morgan fingerprint density at radius 3 is 2.75 bits per heavy atom. The third kappa shape index (κ3) is 4.38. The van der Waals surface area contributed by atoms with Crippen LogP contribution in [0.15, 0.2) is 41.3 Å². The summed E-state index contributed by atoms with van der Waals surface area (Å²) in [6.45, 7) is 8.72. The van der Waals surface area contributed by atoms with Crippen LogP contribution in [0, 0.1) is 6.92 Å². The highest BCUT2D eigenvalue weighted by atomic mass is 16.5. The van der Waals surface area contributed by atoms with Crippen molar-refractivity contribution in [3.05, 3.63) is 65.2 Å². The van der Waals surface area contributed by atoms with Crippen LogP contribution < -0.4 is 5.32 Å². The lowest BCUT2D eigenvalue weighted by Crippen LogP contribution is -2.24. The number of carbonyl (C=O) groups is 1. The molecule has 0 aliphatic rings. The van der Waals surface area contributed by atoms with Crippen LogP contribution in [-0.2, 0) is 23.3 Å². The molecule has 4 aromatic rings. The zero-order valence-corrected chi connectivity index (χ0v) is 18.8. The number of hydrogen-bond acceptors (Lipinski definition) is 7. The van der Waals surface area contributed by atoms with E-state index in [1.165, 1.54) is 0 Å². The summed E-state index contributed by atoms with van der Waals surface area (Å²) < 4.78 is 12.2. The Morgan fingerprint density at radius 1 is 1.25 bits per heavy atom. The molecule has 3 aromatic heterocycles. The molecule has 1 amide bonds. The minimum Gasteiger partial charge on any atom is -0.380 e. The molecule has 0 spiro atoms. The molecule has 0 radical (unpaired) electrons. The lowest BCUT2D eigenvalue weighted by atomic mass is 9.97. The highest BCUT2D eigenvalue weighted by Crippen LogP contribution is 2.26. The van der Waals surface area contributed by atoms with Crippen molar-refractivity contribution < 1.29 is 14.1 Å². The molecular formula is C23H26N6O3. The lowest BCUT2D eigenvalue weighted by Gasteiger charge is -2.10. The first-order valence-corrected chi connectivity index (χ1v) is 10.3. The van der Waals surface area contributed by atoms with E-state index in [0.717, 1.165) is 33.5 Å². The van der Waals surface area contributed by atoms with Crippen molar-refractivity contribution in [3.63, 3.8) is 0 Å². The van der Waals surface area contributed by atoms with Gasteiger partial charge in [0.2, 0.25) is 5.89 Å². The number of ether oxygens (including phenoxy) is 1. The monoisotopic (exact) mass is 434 g/mol. The predicted octanol–water partition coefficient (Wildman–Crippen LogP) is 3.46. The van der Waals surface area contributed by atoms with Gasteiger partial charge in [0, 0.05) is 30.8 Å². The molecule has 32 heavy (non-hydrogen) atoms. The number of nitrogens with one attached hydrogen (secondary N) is 1. The minimum absolute atomic E-state index is 0.0349. The van der Waals surface area contributed by atoms with Crippen LogP contribution in [-0.4, -0.2) is 37.8 Å². The molecule has 0 saturated heterocycles. The number of amides is 1. The number of nitrogens with zero attached hydrogens (tertiary/aromatic N) is 5. The number of aromatic nitrogens is 5. The van der Waals surface area contributed by atoms with E-state index in [4.69, 9.17) is 9.26 Å². The van der Waals surface area contributed by atoms with Crippen LogP contribution in [0.1, 0.15) is 54.0 Å². The van der Waals surface area contributed by atoms with E-state index in [1.807, 2.05) is 52.1 Å². The zero-order valence-electron chi connectivity index (χ0n) is 18.8. The topological polar surface area (TPSA) is 107 Å². The van der Waals surface area contributed by atoms with Gasteiger partial charge in [-0.15, -0.1) is 0 Å². The summed E-state index contributed by atoms with van der Waals surface area (Å²) in [5.41, 5.74) is 5.46. The fourth-order valence-electron chi connectivity index (χ4n) is 3.37. The Morgan fingerprint density at radius 2 is 2.06 bits per heavy atom. The molecular weight excluding hydrogens is 408 g/mol. The summed E-state index contributed by atoms with van der Waals surface area (Å²) in [5.74, 6) is 0.0927. The van der Waals surface area contributed by atoms with Gasteiger partial charge in [0.1, 0.15) is 6.33 Å². The maximum atomic E-state index is 12.4. The van der Waals surface area contributed by atoms with E-state index in [-0.39, 0.29) is 17.1 Å². The normalized spacial score (nSPS) is 11.8. The summed E-state index contributed by atoms with van der Waals surface area (Å²) >= 11 is 0. The van der Waals surface area contributed by atoms with Gasteiger partial charge >= 0.3 is 0 Å². The Balaban J connectivity index is 1.51. The van der Waals surface area contributed by atoms with E-state index in [9.17, 15) is 4.79 Å². The van der Waals surface area contributed by atoms with E-state index in [2.05, 4.69) is 31.6 Å². The predicted molar refractivity (Wildman–Crippen MR) is 118 cm³/mol. The number of fused-ring (bicyclic) bond motifs is 1. The molecule has 0 fully saturated rings. The average Bonchev–Trinajstić information content (AvgIpc) is 3.39. The number of methoxy groups -OCH3 is 1. The van der Waals surface area contributed by atoms with Gasteiger partial charge in [-0.3, -0.25) is 4.79 Å². The highest BCUT2D eigenvalue weighted by molar-refractivity contribution is 5.90. The molecule has 9 heteroatoms. The van der Waals surface area contributed by atoms with Crippen LogP contribution in [0.3, 0.4) is 0 Å². The van der Waals surface area contributed by atoms with Gasteiger partial charge in [-0.1, -0.05) is 38.1 Å². The largest absolute Gasteiger partial charge is 0.380 e. The Hall–Kier alpha value is -3.59. The second-order valence-corrected chi connectivity index (χ2v) is 8.72. The maximum absolute atomic E-state index is 12.4. The van der Waals surface area contributed by atoms with Gasteiger partial charge in [-0.25, -0.2) is 9.50 Å². The molecule has 0 bridgehead atoms. The molecule has 0 saturated carbocycles. The molecule has 9 nitrogen and oxygen atoms in total. The second-order valence-electron chi connectivity index (χ2n) is 8.72. The highest BCUT2D eigenvalue weighted by Gasteiger charge is 2.24. The molecule has 1 aromatic carbocycles. The quantitative estimate of drug-likeness (QED) is 0.495. The fourth-order valence-corrected chi connectivity index (χ4v) is 3.37. The molecule has 0 aliphatic carbocycles. The molecule has 166 valence electrons. The number of rotatable bonds is 6. The van der Waals surface area contributed by atoms with Gasteiger partial charge in [0.15, 0.2) is 0 Å². The molecule has 0 aliphatic heterocycles. The Bertz CT molecular complexity index is 1270. The van der Waals surface area contributed by atoms with Crippen LogP contribution in [0.2, 0.25) is 0 Å². The first-order chi connectivity index (χ1) is 15.3. The summed E-state index contributed by atoms with van der Waals surface area (Å²) in [6, 6.07) is 8.06. The lowest BCUT2D eigenvalue weighted by molar-refractivity contribution is 0.0937. The average molecular weight is 435 g/mol. The first-order valence-electron chi connectivity index (χ1n) is 10.3. The smallest absolute Gasteiger partial charge is 0.292 e. The van der Waals surface area contributed by atoms with Gasteiger partial charge in [0.05, 0.1) is 17.8 Å². The number of carbonyl (C=O) groups excluding carboxylic acids is 1. The van der Waals surface area contributed by atoms with Crippen molar-refractivity contribution >= 4 is 11.4 Å². The molecule has 4 rings (SSSR count). The SMILES string of the molecule is COCc1cc2c(-c3ccc(CNC(=O)c4noc(C(C)(C)C)n4)c(C)c3)ncnn2c1. The van der Waals surface area contributed by atoms with Crippen molar-refractivity contribution in [2.75, 3.05) is 7.11 Å². The summed E-state index contributed by atoms with van der Waals surface area (Å²) in [5, 5.41) is 10.9. The van der Waals surface area contributed by atoms with Gasteiger partial charge < -0.3 is 14.6 Å². The van der Waals surface area contributed by atoms with E-state index >= 15 is 0 Å². The second kappa shape index (κ2) is 8.51. The molecule has 0 atom stereocenters. The van der Waals surface area contributed by atoms with Crippen LogP contribution in [0.5, 0.6) is 0 Å². The summed E-state index contributed by atoms with van der Waals surface area (Å²) in [6.07, 6.45) is 3.48. The number of hydrogen-bond donors (Lipinski definition) is 1. The zero-order chi connectivity index (χ0) is 22.9. The standard InChI is InChI=1S/C23H26N6O3/c1-14-8-16(19-18-9-15(12-31-5)11-29(18)26-13-25-19)6-7-17(14)10-24-21(30)20-27-22(32-28-20)23(2,3)4/h6-9,11,13H,10,12H2,1-5H3,(H,24,30). The number of aryl methyl sites for hydroxylation is 1. The van der Waals surface area contributed by atoms with Crippen molar-refractivity contribution in [1.82, 2.24) is 30.1 Å². The number of benzene rings is 1. The van der Waals surface area contributed by atoms with Crippen LogP contribution in [0.25, 0.3) is 16.8 Å². The maximum Gasteiger partial charge on any atom is 0.292 e. The first kappa shape index (κ1) is 21.6. The van der Waals surface area contributed by atoms with Crippen molar-refractivity contribution in [1.29, 1.82) is 0 Å². The van der Waals surface area contributed by atoms with E-state index < -0.39 is 0 Å². The molecule has 1 N–H and O–H groups in total. The van der Waals surface area contributed by atoms with Gasteiger partial charge in [0.25, 0.3) is 11.7 Å². The molecule has 0 unspecified atom stereocenters. The van der Waals surface area contributed by atoms with Gasteiger partial charge in [-0.2, -0.15) is 10.1 Å². The Kier molecular flexibility index (Phi) is 5.75. The summed E-state index contributed by atoms with van der Waals surface area (Å²) in [4.78, 5) is 21.1. The van der Waals surface area contributed by atoms with Crippen LogP contribution >= 0.6 is 0 Å².